The minimum atomic E-state index is -4.52. The molecule has 1 aliphatic rings. The van der Waals surface area contributed by atoms with Gasteiger partial charge in [-0.15, -0.1) is 0 Å². The van der Waals surface area contributed by atoms with Crippen molar-refractivity contribution in [1.82, 2.24) is 14.8 Å². The van der Waals surface area contributed by atoms with Gasteiger partial charge in [0.25, 0.3) is 0 Å². The van der Waals surface area contributed by atoms with E-state index < -0.39 is 11.7 Å². The Morgan fingerprint density at radius 2 is 1.91 bits per heavy atom. The highest BCUT2D eigenvalue weighted by Crippen LogP contribution is 2.38. The zero-order valence-corrected chi connectivity index (χ0v) is 17.9. The summed E-state index contributed by atoms with van der Waals surface area (Å²) in [5.74, 6) is 0.404. The van der Waals surface area contributed by atoms with Gasteiger partial charge in [-0.3, -0.25) is 0 Å². The number of rotatable bonds is 4. The number of nitrogen functional groups attached to an aromatic ring is 1. The second kappa shape index (κ2) is 8.34. The smallest absolute Gasteiger partial charge is 0.419 e. The molecule has 0 amide bonds. The number of fused-ring (bicyclic) bond motifs is 1. The third-order valence-corrected chi connectivity index (χ3v) is 5.44. The summed E-state index contributed by atoms with van der Waals surface area (Å²) in [5.41, 5.74) is 8.63. The van der Waals surface area contributed by atoms with Crippen LogP contribution in [0.15, 0.2) is 30.5 Å². The van der Waals surface area contributed by atoms with Gasteiger partial charge < -0.3 is 19.9 Å². The molecule has 3 aromatic rings. The van der Waals surface area contributed by atoms with Crippen LogP contribution in [0, 0.1) is 0 Å². The van der Waals surface area contributed by atoms with Crippen molar-refractivity contribution in [2.45, 2.75) is 32.0 Å². The highest BCUT2D eigenvalue weighted by atomic mass is 19.4. The van der Waals surface area contributed by atoms with Crippen molar-refractivity contribution in [3.8, 4) is 28.4 Å². The molecule has 1 atom stereocenters. The first kappa shape index (κ1) is 21.9. The van der Waals surface area contributed by atoms with Crippen molar-refractivity contribution >= 4 is 5.82 Å². The van der Waals surface area contributed by atoms with Crippen LogP contribution in [0.25, 0.3) is 16.9 Å². The Kier molecular flexibility index (Phi) is 5.72. The molecule has 0 fully saturated rings. The van der Waals surface area contributed by atoms with E-state index in [-0.39, 0.29) is 17.7 Å². The largest absolute Gasteiger partial charge is 0.496 e. The second-order valence-electron chi connectivity index (χ2n) is 7.52. The molecular formula is C22H23F3N4O3. The lowest BCUT2D eigenvalue weighted by molar-refractivity contribution is -0.138. The molecule has 0 aliphatic carbocycles. The van der Waals surface area contributed by atoms with E-state index in [1.807, 2.05) is 6.92 Å². The highest BCUT2D eigenvalue weighted by molar-refractivity contribution is 5.68. The van der Waals surface area contributed by atoms with Crippen LogP contribution in [0.2, 0.25) is 0 Å². The van der Waals surface area contributed by atoms with E-state index >= 15 is 0 Å². The third kappa shape index (κ3) is 3.97. The van der Waals surface area contributed by atoms with Crippen LogP contribution in [-0.4, -0.2) is 41.7 Å². The van der Waals surface area contributed by atoms with Crippen LogP contribution in [0.5, 0.6) is 11.5 Å². The lowest BCUT2D eigenvalue weighted by Gasteiger charge is -2.15. The molecule has 0 radical (unpaired) electrons. The minimum Gasteiger partial charge on any atom is -0.496 e. The van der Waals surface area contributed by atoms with Crippen LogP contribution >= 0.6 is 0 Å². The molecule has 1 aromatic carbocycles. The normalized spacial score (nSPS) is 16.4. The number of methoxy groups -OCH3 is 2. The van der Waals surface area contributed by atoms with Crippen molar-refractivity contribution in [1.29, 1.82) is 0 Å². The zero-order chi connectivity index (χ0) is 23.0. The van der Waals surface area contributed by atoms with Gasteiger partial charge >= 0.3 is 6.18 Å². The first-order chi connectivity index (χ1) is 15.2. The van der Waals surface area contributed by atoms with Crippen molar-refractivity contribution in [2.75, 3.05) is 26.6 Å². The lowest BCUT2D eigenvalue weighted by atomic mass is 10.0. The van der Waals surface area contributed by atoms with Gasteiger partial charge in [0.15, 0.2) is 11.6 Å². The monoisotopic (exact) mass is 448 g/mol. The van der Waals surface area contributed by atoms with Gasteiger partial charge in [-0.05, 0) is 31.5 Å². The summed E-state index contributed by atoms with van der Waals surface area (Å²) in [6.45, 7) is 2.45. The average Bonchev–Trinajstić information content (AvgIpc) is 2.99. The second-order valence-corrected chi connectivity index (χ2v) is 7.52. The summed E-state index contributed by atoms with van der Waals surface area (Å²) in [5, 5.41) is 4.77. The van der Waals surface area contributed by atoms with Crippen molar-refractivity contribution < 1.29 is 27.4 Å². The number of alkyl halides is 3. The van der Waals surface area contributed by atoms with Crippen molar-refractivity contribution in [3.05, 3.63) is 47.3 Å². The molecule has 10 heteroatoms. The number of nitrogens with zero attached hydrogens (tertiary/aromatic N) is 3. The highest BCUT2D eigenvalue weighted by Gasteiger charge is 2.35. The Balaban J connectivity index is 1.90. The maximum Gasteiger partial charge on any atom is 0.419 e. The van der Waals surface area contributed by atoms with E-state index in [0.29, 0.717) is 42.1 Å². The number of hydrogen-bond donors (Lipinski definition) is 1. The maximum absolute atomic E-state index is 13.3. The summed E-state index contributed by atoms with van der Waals surface area (Å²) in [4.78, 5) is 4.19. The number of pyridine rings is 1. The molecule has 0 saturated heterocycles. The Morgan fingerprint density at radius 1 is 1.16 bits per heavy atom. The zero-order valence-electron chi connectivity index (χ0n) is 17.9. The maximum atomic E-state index is 13.3. The van der Waals surface area contributed by atoms with E-state index in [1.54, 1.807) is 16.9 Å². The van der Waals surface area contributed by atoms with Crippen molar-refractivity contribution in [2.24, 2.45) is 0 Å². The van der Waals surface area contributed by atoms with E-state index in [4.69, 9.17) is 25.0 Å². The van der Waals surface area contributed by atoms with Gasteiger partial charge in [0.1, 0.15) is 5.75 Å². The van der Waals surface area contributed by atoms with Crippen LogP contribution in [-0.2, 0) is 23.8 Å². The number of nitrogens with two attached hydrogens (primary N) is 1. The number of halogens is 3. The SMILES string of the molecule is COc1cc(-n2nc(-c3cnc(N)c(OC)c3)c3c2C[C@@H](C)OCC3)ccc1C(F)(F)F. The standard InChI is InChI=1S/C22H23F3N4O3/c1-12-8-17-15(6-7-32-12)20(13-9-19(31-3)21(26)27-11-13)28-29(17)14-4-5-16(22(23,24)25)18(10-14)30-2/h4-5,9-12H,6-8H2,1-3H3,(H2,26,27)/t12-/m1/s1. The molecule has 3 heterocycles. The fourth-order valence-corrected chi connectivity index (χ4v) is 3.89. The number of anilines is 1. The molecule has 0 saturated carbocycles. The molecule has 0 spiro atoms. The van der Waals surface area contributed by atoms with E-state index in [0.717, 1.165) is 17.3 Å². The summed E-state index contributed by atoms with van der Waals surface area (Å²) >= 11 is 0. The van der Waals surface area contributed by atoms with Crippen LogP contribution < -0.4 is 15.2 Å². The van der Waals surface area contributed by atoms with Crippen LogP contribution in [0.3, 0.4) is 0 Å². The Bertz CT molecular complexity index is 1140. The number of benzene rings is 1. The third-order valence-electron chi connectivity index (χ3n) is 5.44. The van der Waals surface area contributed by atoms with Crippen LogP contribution in [0.1, 0.15) is 23.7 Å². The molecule has 7 nitrogen and oxygen atoms in total. The van der Waals surface area contributed by atoms with Gasteiger partial charge in [0.2, 0.25) is 0 Å². The Morgan fingerprint density at radius 3 is 2.59 bits per heavy atom. The molecular weight excluding hydrogens is 425 g/mol. The lowest BCUT2D eigenvalue weighted by Crippen LogP contribution is -2.14. The number of ether oxygens (including phenoxy) is 3. The summed E-state index contributed by atoms with van der Waals surface area (Å²) in [6.07, 6.45) is -1.85. The fraction of sp³-hybridized carbons (Fsp3) is 0.364. The molecule has 0 unspecified atom stereocenters. The first-order valence-corrected chi connectivity index (χ1v) is 10.0. The van der Waals surface area contributed by atoms with Gasteiger partial charge in [-0.1, -0.05) is 0 Å². The predicted molar refractivity (Wildman–Crippen MR) is 112 cm³/mol. The number of aromatic nitrogens is 3. The molecule has 2 aromatic heterocycles. The van der Waals surface area contributed by atoms with Gasteiger partial charge in [0, 0.05) is 29.8 Å². The van der Waals surface area contributed by atoms with Crippen molar-refractivity contribution in [3.63, 3.8) is 0 Å². The van der Waals surface area contributed by atoms with Crippen LogP contribution in [0.4, 0.5) is 19.0 Å². The molecule has 2 N–H and O–H groups in total. The topological polar surface area (TPSA) is 84.4 Å². The van der Waals surface area contributed by atoms with Gasteiger partial charge in [-0.2, -0.15) is 18.3 Å². The Labute approximate surface area is 182 Å². The molecule has 170 valence electrons. The average molecular weight is 448 g/mol. The molecule has 0 bridgehead atoms. The fourth-order valence-electron chi connectivity index (χ4n) is 3.89. The van der Waals surface area contributed by atoms with E-state index in [2.05, 4.69) is 4.98 Å². The van der Waals surface area contributed by atoms with Gasteiger partial charge in [-0.25, -0.2) is 9.67 Å². The Hall–Kier alpha value is -3.27. The molecule has 32 heavy (non-hydrogen) atoms. The molecule has 4 rings (SSSR count). The van der Waals surface area contributed by atoms with E-state index in [1.165, 1.54) is 26.4 Å². The summed E-state index contributed by atoms with van der Waals surface area (Å²) in [7, 11) is 2.71. The van der Waals surface area contributed by atoms with Gasteiger partial charge in [0.05, 0.1) is 49.6 Å². The van der Waals surface area contributed by atoms with E-state index in [9.17, 15) is 13.2 Å². The minimum absolute atomic E-state index is 0.0741. The first-order valence-electron chi connectivity index (χ1n) is 10.0. The molecule has 1 aliphatic heterocycles. The quantitative estimate of drug-likeness (QED) is 0.648. The number of hydrogen-bond acceptors (Lipinski definition) is 6. The summed E-state index contributed by atoms with van der Waals surface area (Å²) in [6, 6.07) is 5.49. The predicted octanol–water partition coefficient (Wildman–Crippen LogP) is 4.06. The summed E-state index contributed by atoms with van der Waals surface area (Å²) < 4.78 is 57.8.